The van der Waals surface area contributed by atoms with Crippen molar-refractivity contribution in [1.82, 2.24) is 0 Å². The maximum absolute atomic E-state index is 2.36. The molecule has 0 spiro atoms. The molecule has 1 unspecified atom stereocenters. The zero-order valence-corrected chi connectivity index (χ0v) is 9.94. The van der Waals surface area contributed by atoms with E-state index >= 15 is 0 Å². The highest BCUT2D eigenvalue weighted by Crippen LogP contribution is 2.18. The van der Waals surface area contributed by atoms with E-state index in [-0.39, 0.29) is 0 Å². The lowest BCUT2D eigenvalue weighted by Gasteiger charge is -2.11. The SMILES string of the molecule is CCCC[SiH2]C(CC)CCC. The molecule has 0 aromatic rings. The summed E-state index contributed by atoms with van der Waals surface area (Å²) in [4.78, 5) is 0. The van der Waals surface area contributed by atoms with Gasteiger partial charge in [0.1, 0.15) is 0 Å². The highest BCUT2D eigenvalue weighted by atomic mass is 28.2. The fourth-order valence-electron chi connectivity index (χ4n) is 1.64. The summed E-state index contributed by atoms with van der Waals surface area (Å²) in [5, 5.41) is 0. The third-order valence-corrected chi connectivity index (χ3v) is 5.20. The molecule has 68 valence electrons. The van der Waals surface area contributed by atoms with Gasteiger partial charge in [-0.25, -0.2) is 0 Å². The zero-order chi connectivity index (χ0) is 8.53. The standard InChI is InChI=1S/C10H24Si/c1-4-7-9-11-10(6-3)8-5-2/h10H,4-9,11H2,1-3H3. The highest BCUT2D eigenvalue weighted by Gasteiger charge is 2.03. The molecule has 0 amide bonds. The maximum Gasteiger partial charge on any atom is 0.0231 e. The third kappa shape index (κ3) is 6.61. The van der Waals surface area contributed by atoms with E-state index in [4.69, 9.17) is 0 Å². The second kappa shape index (κ2) is 8.31. The molecule has 0 bridgehead atoms. The minimum atomic E-state index is 0.303. The molecule has 0 aliphatic rings. The predicted octanol–water partition coefficient (Wildman–Crippen LogP) is 3.37. The lowest BCUT2D eigenvalue weighted by Crippen LogP contribution is -2.01. The predicted molar refractivity (Wildman–Crippen MR) is 57.2 cm³/mol. The van der Waals surface area contributed by atoms with Crippen LogP contribution < -0.4 is 0 Å². The van der Waals surface area contributed by atoms with Gasteiger partial charge in [0.15, 0.2) is 0 Å². The van der Waals surface area contributed by atoms with Gasteiger partial charge in [-0.05, 0) is 0 Å². The van der Waals surface area contributed by atoms with E-state index in [9.17, 15) is 0 Å². The second-order valence-electron chi connectivity index (χ2n) is 3.56. The van der Waals surface area contributed by atoms with Crippen LogP contribution >= 0.6 is 0 Å². The Hall–Kier alpha value is 0.217. The Morgan fingerprint density at radius 1 is 1.09 bits per heavy atom. The van der Waals surface area contributed by atoms with E-state index in [0.717, 1.165) is 5.54 Å². The van der Waals surface area contributed by atoms with Gasteiger partial charge in [-0.1, -0.05) is 64.5 Å². The molecule has 0 rings (SSSR count). The largest absolute Gasteiger partial charge is 0.0654 e. The topological polar surface area (TPSA) is 0 Å². The molecule has 0 N–H and O–H groups in total. The van der Waals surface area contributed by atoms with E-state index in [2.05, 4.69) is 20.8 Å². The van der Waals surface area contributed by atoms with Crippen molar-refractivity contribution in [1.29, 1.82) is 0 Å². The van der Waals surface area contributed by atoms with Crippen molar-refractivity contribution in [2.24, 2.45) is 0 Å². The van der Waals surface area contributed by atoms with Crippen LogP contribution in [-0.4, -0.2) is 9.52 Å². The van der Waals surface area contributed by atoms with Gasteiger partial charge in [0.05, 0.1) is 0 Å². The Labute approximate surface area is 74.6 Å². The summed E-state index contributed by atoms with van der Waals surface area (Å²) in [5.74, 6) is 0. The van der Waals surface area contributed by atoms with Crippen LogP contribution in [0.15, 0.2) is 0 Å². The summed E-state index contributed by atoms with van der Waals surface area (Å²) in [5.41, 5.74) is 1.16. The molecule has 0 saturated heterocycles. The average Bonchev–Trinajstić information content (AvgIpc) is 2.03. The van der Waals surface area contributed by atoms with Crippen LogP contribution in [0, 0.1) is 0 Å². The van der Waals surface area contributed by atoms with Gasteiger partial charge in [-0.3, -0.25) is 0 Å². The minimum Gasteiger partial charge on any atom is -0.0654 e. The molecular weight excluding hydrogens is 148 g/mol. The summed E-state index contributed by atoms with van der Waals surface area (Å²) in [6.07, 6.45) is 7.25. The van der Waals surface area contributed by atoms with Gasteiger partial charge in [0, 0.05) is 9.52 Å². The van der Waals surface area contributed by atoms with Gasteiger partial charge < -0.3 is 0 Å². The lowest BCUT2D eigenvalue weighted by atomic mass is 10.2. The van der Waals surface area contributed by atoms with Gasteiger partial charge >= 0.3 is 0 Å². The van der Waals surface area contributed by atoms with Gasteiger partial charge in [-0.2, -0.15) is 0 Å². The van der Waals surface area contributed by atoms with Crippen molar-refractivity contribution >= 4 is 9.52 Å². The lowest BCUT2D eigenvalue weighted by molar-refractivity contribution is 0.687. The van der Waals surface area contributed by atoms with Gasteiger partial charge in [0.2, 0.25) is 0 Å². The first-order valence-corrected chi connectivity index (χ1v) is 7.16. The smallest absolute Gasteiger partial charge is 0.0231 e. The Morgan fingerprint density at radius 3 is 2.27 bits per heavy atom. The normalized spacial score (nSPS) is 14.5. The quantitative estimate of drug-likeness (QED) is 0.408. The van der Waals surface area contributed by atoms with Crippen molar-refractivity contribution in [2.45, 2.75) is 64.5 Å². The van der Waals surface area contributed by atoms with E-state index in [0.29, 0.717) is 9.52 Å². The Morgan fingerprint density at radius 2 is 1.82 bits per heavy atom. The van der Waals surface area contributed by atoms with Crippen LogP contribution in [0.25, 0.3) is 0 Å². The van der Waals surface area contributed by atoms with Crippen LogP contribution in [0.4, 0.5) is 0 Å². The molecular formula is C10H24Si. The monoisotopic (exact) mass is 172 g/mol. The first-order chi connectivity index (χ1) is 5.35. The number of unbranched alkanes of at least 4 members (excludes halogenated alkanes) is 1. The van der Waals surface area contributed by atoms with E-state index in [1.54, 1.807) is 6.04 Å². The Bertz CT molecular complexity index is 71.3. The molecule has 11 heavy (non-hydrogen) atoms. The average molecular weight is 172 g/mol. The van der Waals surface area contributed by atoms with Crippen molar-refractivity contribution in [3.05, 3.63) is 0 Å². The van der Waals surface area contributed by atoms with Crippen molar-refractivity contribution in [2.75, 3.05) is 0 Å². The summed E-state index contributed by atoms with van der Waals surface area (Å²) >= 11 is 0. The molecule has 0 aromatic carbocycles. The first-order valence-electron chi connectivity index (χ1n) is 5.35. The fraction of sp³-hybridized carbons (Fsp3) is 1.00. The number of rotatable bonds is 7. The molecule has 0 radical (unpaired) electrons. The fourth-order valence-corrected chi connectivity index (χ4v) is 4.12. The van der Waals surface area contributed by atoms with Gasteiger partial charge in [0.25, 0.3) is 0 Å². The molecule has 0 nitrogen and oxygen atoms in total. The van der Waals surface area contributed by atoms with E-state index in [1.807, 2.05) is 0 Å². The van der Waals surface area contributed by atoms with Crippen LogP contribution in [0.1, 0.15) is 52.9 Å². The molecule has 0 aliphatic heterocycles. The molecule has 0 saturated carbocycles. The Balaban J connectivity index is 3.20. The van der Waals surface area contributed by atoms with Crippen molar-refractivity contribution in [3.8, 4) is 0 Å². The second-order valence-corrected chi connectivity index (χ2v) is 6.00. The molecule has 0 fully saturated rings. The minimum absolute atomic E-state index is 0.303. The molecule has 0 heterocycles. The molecule has 0 aromatic heterocycles. The molecule has 1 heteroatoms. The molecule has 1 atom stereocenters. The van der Waals surface area contributed by atoms with Crippen molar-refractivity contribution < 1.29 is 0 Å². The van der Waals surface area contributed by atoms with E-state index in [1.165, 1.54) is 32.1 Å². The van der Waals surface area contributed by atoms with Gasteiger partial charge in [-0.15, -0.1) is 0 Å². The number of hydrogen-bond donors (Lipinski definition) is 0. The summed E-state index contributed by atoms with van der Waals surface area (Å²) in [6, 6.07) is 1.59. The zero-order valence-electron chi connectivity index (χ0n) is 8.53. The summed E-state index contributed by atoms with van der Waals surface area (Å²) in [7, 11) is 0.303. The highest BCUT2D eigenvalue weighted by molar-refractivity contribution is 6.37. The Kier molecular flexibility index (Phi) is 8.48. The summed E-state index contributed by atoms with van der Waals surface area (Å²) in [6.45, 7) is 6.98. The summed E-state index contributed by atoms with van der Waals surface area (Å²) < 4.78 is 0. The van der Waals surface area contributed by atoms with Crippen LogP contribution in [-0.2, 0) is 0 Å². The number of hydrogen-bond acceptors (Lipinski definition) is 0. The molecule has 0 aliphatic carbocycles. The van der Waals surface area contributed by atoms with E-state index < -0.39 is 0 Å². The maximum atomic E-state index is 2.36. The first kappa shape index (κ1) is 11.2. The third-order valence-electron chi connectivity index (χ3n) is 2.49. The van der Waals surface area contributed by atoms with Crippen molar-refractivity contribution in [3.63, 3.8) is 0 Å². The van der Waals surface area contributed by atoms with Crippen LogP contribution in [0.3, 0.4) is 0 Å². The van der Waals surface area contributed by atoms with Crippen LogP contribution in [0.2, 0.25) is 11.6 Å². The van der Waals surface area contributed by atoms with Crippen LogP contribution in [0.5, 0.6) is 0 Å².